The molecule has 0 bridgehead atoms. The van der Waals surface area contributed by atoms with Gasteiger partial charge in [0.1, 0.15) is 10.8 Å². The van der Waals surface area contributed by atoms with E-state index in [1.54, 1.807) is 0 Å². The van der Waals surface area contributed by atoms with E-state index < -0.39 is 10.8 Å². The van der Waals surface area contributed by atoms with Gasteiger partial charge in [-0.1, -0.05) is 42.5 Å². The number of hydrogen-bond donors (Lipinski definition) is 0. The quantitative estimate of drug-likeness (QED) is 0.463. The Morgan fingerprint density at radius 2 is 1.03 bits per heavy atom. The van der Waals surface area contributed by atoms with Crippen molar-refractivity contribution in [2.24, 2.45) is 21.0 Å². The Morgan fingerprint density at radius 3 is 1.43 bits per heavy atom. The molecule has 2 atom stereocenters. The van der Waals surface area contributed by atoms with Crippen LogP contribution in [0.3, 0.4) is 0 Å². The van der Waals surface area contributed by atoms with Crippen LogP contribution in [0.1, 0.15) is 47.6 Å². The number of fused-ring (bicyclic) bond motifs is 1. The second-order valence-corrected chi connectivity index (χ2v) is 10.6. The van der Waals surface area contributed by atoms with Gasteiger partial charge >= 0.3 is 0 Å². The zero-order chi connectivity index (χ0) is 26.3. The monoisotopic (exact) mass is 490 g/mol. The molecule has 3 aliphatic rings. The van der Waals surface area contributed by atoms with Crippen molar-refractivity contribution in [2.75, 3.05) is 10.0 Å². The number of aryl methyl sites for hydroxylation is 4. The lowest BCUT2D eigenvalue weighted by atomic mass is 9.85. The third-order valence-electron chi connectivity index (χ3n) is 8.71. The number of carbonyl (C=O) groups excluding carboxylic acids is 2. The molecular formula is C31H30N4O2. The van der Waals surface area contributed by atoms with Gasteiger partial charge in [-0.3, -0.25) is 9.59 Å². The largest absolute Gasteiger partial charge is 0.271 e. The molecule has 6 nitrogen and oxygen atoms in total. The SMILES string of the molecule is CC1=NN(c2ccc(C)c(C)c2)C(=O)[C@]12C(c1ccccc1)[C@]21C(=O)N(c2ccc(C)c(C)c2)N=C1C. The van der Waals surface area contributed by atoms with Crippen LogP contribution in [0, 0.1) is 38.5 Å². The molecule has 1 saturated carbocycles. The van der Waals surface area contributed by atoms with Gasteiger partial charge in [0, 0.05) is 5.92 Å². The Kier molecular flexibility index (Phi) is 4.87. The molecule has 2 heterocycles. The van der Waals surface area contributed by atoms with Gasteiger partial charge in [-0.15, -0.1) is 0 Å². The first-order valence-electron chi connectivity index (χ1n) is 12.7. The van der Waals surface area contributed by atoms with Crippen LogP contribution in [0.2, 0.25) is 0 Å². The van der Waals surface area contributed by atoms with Crippen molar-refractivity contribution in [3.63, 3.8) is 0 Å². The third-order valence-corrected chi connectivity index (χ3v) is 8.71. The topological polar surface area (TPSA) is 65.3 Å². The van der Waals surface area contributed by atoms with E-state index in [0.717, 1.165) is 27.8 Å². The molecule has 37 heavy (non-hydrogen) atoms. The van der Waals surface area contributed by atoms with Crippen molar-refractivity contribution in [1.29, 1.82) is 0 Å². The fraction of sp³-hybridized carbons (Fsp3) is 0.290. The van der Waals surface area contributed by atoms with Crippen LogP contribution in [-0.4, -0.2) is 23.2 Å². The highest BCUT2D eigenvalue weighted by Gasteiger charge is 2.91. The number of hydrogen-bond acceptors (Lipinski definition) is 4. The molecule has 186 valence electrons. The minimum atomic E-state index is -1.12. The third kappa shape index (κ3) is 2.81. The maximum absolute atomic E-state index is 14.5. The maximum Gasteiger partial charge on any atom is 0.261 e. The first-order chi connectivity index (χ1) is 17.6. The van der Waals surface area contributed by atoms with Gasteiger partial charge in [0.25, 0.3) is 11.8 Å². The Bertz CT molecular complexity index is 1460. The van der Waals surface area contributed by atoms with E-state index in [1.165, 1.54) is 10.0 Å². The summed E-state index contributed by atoms with van der Waals surface area (Å²) in [4.78, 5) is 28.9. The number of rotatable bonds is 3. The van der Waals surface area contributed by atoms with E-state index in [1.807, 2.05) is 108 Å². The number of nitrogens with zero attached hydrogens (tertiary/aromatic N) is 4. The van der Waals surface area contributed by atoms with Gasteiger partial charge in [0.15, 0.2) is 0 Å². The van der Waals surface area contributed by atoms with E-state index >= 15 is 0 Å². The Balaban J connectivity index is 1.51. The Hall–Kier alpha value is -4.06. The molecular weight excluding hydrogens is 460 g/mol. The summed E-state index contributed by atoms with van der Waals surface area (Å²) in [7, 11) is 0. The molecule has 6 rings (SSSR count). The summed E-state index contributed by atoms with van der Waals surface area (Å²) >= 11 is 0. The van der Waals surface area contributed by atoms with E-state index in [-0.39, 0.29) is 17.7 Å². The summed E-state index contributed by atoms with van der Waals surface area (Å²) < 4.78 is 0. The summed E-state index contributed by atoms with van der Waals surface area (Å²) in [6.45, 7) is 11.9. The van der Waals surface area contributed by atoms with Crippen LogP contribution in [0.4, 0.5) is 11.4 Å². The lowest BCUT2D eigenvalue weighted by molar-refractivity contribution is -0.126. The molecule has 3 aromatic rings. The zero-order valence-corrected chi connectivity index (χ0v) is 22.0. The molecule has 0 radical (unpaired) electrons. The van der Waals surface area contributed by atoms with Crippen molar-refractivity contribution in [3.05, 3.63) is 94.5 Å². The summed E-state index contributed by atoms with van der Waals surface area (Å²) in [5, 5.41) is 12.6. The standard InChI is InChI=1S/C31H30N4O2/c1-18-12-14-25(16-20(18)3)34-28(36)30(22(5)32-34)27(24-10-8-7-9-11-24)31(30)23(6)33-35(29(31)37)26-15-13-19(2)21(4)17-26/h7-17,27H,1-6H3/t30-,31-/m1/s1. The predicted octanol–water partition coefficient (Wildman–Crippen LogP) is 5.84. The second kappa shape index (κ2) is 7.72. The van der Waals surface area contributed by atoms with Crippen molar-refractivity contribution in [1.82, 2.24) is 0 Å². The van der Waals surface area contributed by atoms with Crippen molar-refractivity contribution >= 4 is 34.6 Å². The van der Waals surface area contributed by atoms with E-state index in [2.05, 4.69) is 0 Å². The van der Waals surface area contributed by atoms with Crippen LogP contribution in [-0.2, 0) is 9.59 Å². The summed E-state index contributed by atoms with van der Waals surface area (Å²) in [5.41, 5.74) is 5.88. The first kappa shape index (κ1) is 23.3. The van der Waals surface area contributed by atoms with E-state index in [4.69, 9.17) is 10.2 Å². The highest BCUT2D eigenvalue weighted by molar-refractivity contribution is 6.37. The lowest BCUT2D eigenvalue weighted by Crippen LogP contribution is -2.40. The normalized spacial score (nSPS) is 26.4. The fourth-order valence-corrected chi connectivity index (χ4v) is 6.45. The summed E-state index contributed by atoms with van der Waals surface area (Å²) in [6, 6.07) is 21.7. The molecule has 0 unspecified atom stereocenters. The molecule has 2 amide bonds. The molecule has 2 spiro atoms. The van der Waals surface area contributed by atoms with Gasteiger partial charge < -0.3 is 0 Å². The predicted molar refractivity (Wildman–Crippen MR) is 147 cm³/mol. The van der Waals surface area contributed by atoms with Crippen molar-refractivity contribution < 1.29 is 9.59 Å². The summed E-state index contributed by atoms with van der Waals surface area (Å²) in [5.74, 6) is -0.735. The molecule has 0 aromatic heterocycles. The fourth-order valence-electron chi connectivity index (χ4n) is 6.45. The molecule has 0 saturated heterocycles. The molecule has 1 fully saturated rings. The van der Waals surface area contributed by atoms with Crippen LogP contribution in [0.15, 0.2) is 76.9 Å². The number of benzene rings is 3. The highest BCUT2D eigenvalue weighted by atomic mass is 16.2. The van der Waals surface area contributed by atoms with Gasteiger partial charge in [-0.2, -0.15) is 20.2 Å². The average Bonchev–Trinajstić information content (AvgIpc) is 3.37. The minimum Gasteiger partial charge on any atom is -0.271 e. The molecule has 3 aromatic carbocycles. The maximum atomic E-state index is 14.5. The Labute approximate surface area is 217 Å². The summed E-state index contributed by atoms with van der Waals surface area (Å²) in [6.07, 6.45) is 0. The van der Waals surface area contributed by atoms with Gasteiger partial charge in [-0.25, -0.2) is 0 Å². The number of carbonyl (C=O) groups is 2. The van der Waals surface area contributed by atoms with Crippen LogP contribution >= 0.6 is 0 Å². The Morgan fingerprint density at radius 1 is 0.595 bits per heavy atom. The smallest absolute Gasteiger partial charge is 0.261 e. The van der Waals surface area contributed by atoms with Crippen molar-refractivity contribution in [3.8, 4) is 0 Å². The average molecular weight is 491 g/mol. The number of hydrazone groups is 2. The lowest BCUT2D eigenvalue weighted by Gasteiger charge is -2.19. The van der Waals surface area contributed by atoms with E-state index in [0.29, 0.717) is 22.8 Å². The molecule has 1 aliphatic carbocycles. The number of amides is 2. The van der Waals surface area contributed by atoms with E-state index in [9.17, 15) is 9.59 Å². The molecule has 0 N–H and O–H groups in total. The van der Waals surface area contributed by atoms with Gasteiger partial charge in [-0.05, 0) is 93.6 Å². The first-order valence-corrected chi connectivity index (χ1v) is 12.7. The van der Waals surface area contributed by atoms with Crippen LogP contribution in [0.25, 0.3) is 0 Å². The van der Waals surface area contributed by atoms with Crippen molar-refractivity contribution in [2.45, 2.75) is 47.5 Å². The van der Waals surface area contributed by atoms with Gasteiger partial charge in [0.05, 0.1) is 22.8 Å². The second-order valence-electron chi connectivity index (χ2n) is 10.6. The minimum absolute atomic E-state index is 0.174. The molecule has 2 aliphatic heterocycles. The number of anilines is 2. The van der Waals surface area contributed by atoms with Gasteiger partial charge in [0.2, 0.25) is 0 Å². The highest BCUT2D eigenvalue weighted by Crippen LogP contribution is 2.79. The van der Waals surface area contributed by atoms with Crippen LogP contribution < -0.4 is 10.0 Å². The zero-order valence-electron chi connectivity index (χ0n) is 22.0. The molecule has 6 heteroatoms. The van der Waals surface area contributed by atoms with Crippen LogP contribution in [0.5, 0.6) is 0 Å².